The van der Waals surface area contributed by atoms with Gasteiger partial charge in [0, 0.05) is 13.1 Å². The average Bonchev–Trinajstić information content (AvgIpc) is 2.43. The number of hydrogen-bond acceptors (Lipinski definition) is 4. The SMILES string of the molecule is CCCNC(=O)C(C)NS(=O)(=O)c1ccc(CN)cc1C. The second kappa shape index (κ2) is 7.53. The Morgan fingerprint density at radius 1 is 1.38 bits per heavy atom. The molecule has 0 aliphatic heterocycles. The molecule has 0 saturated carbocycles. The molecule has 1 atom stereocenters. The summed E-state index contributed by atoms with van der Waals surface area (Å²) in [5, 5.41) is 2.66. The molecule has 0 radical (unpaired) electrons. The van der Waals surface area contributed by atoms with E-state index in [0.29, 0.717) is 18.7 Å². The molecular weight excluding hydrogens is 290 g/mol. The van der Waals surface area contributed by atoms with E-state index in [4.69, 9.17) is 5.73 Å². The number of nitrogens with two attached hydrogens (primary N) is 1. The number of carbonyl (C=O) groups is 1. The number of amides is 1. The van der Waals surface area contributed by atoms with Gasteiger partial charge in [-0.15, -0.1) is 0 Å². The number of sulfonamides is 1. The number of aryl methyl sites for hydroxylation is 1. The molecule has 0 heterocycles. The number of carbonyl (C=O) groups excluding carboxylic acids is 1. The smallest absolute Gasteiger partial charge is 0.241 e. The van der Waals surface area contributed by atoms with Crippen molar-refractivity contribution in [3.8, 4) is 0 Å². The molecule has 118 valence electrons. The molecule has 0 aromatic heterocycles. The first-order valence-corrected chi connectivity index (χ1v) is 8.39. The summed E-state index contributed by atoms with van der Waals surface area (Å²) in [5.74, 6) is -0.336. The van der Waals surface area contributed by atoms with Gasteiger partial charge in [-0.05, 0) is 37.5 Å². The molecule has 1 aromatic carbocycles. The summed E-state index contributed by atoms with van der Waals surface area (Å²) in [4.78, 5) is 11.9. The lowest BCUT2D eigenvalue weighted by Gasteiger charge is -2.15. The fourth-order valence-corrected chi connectivity index (χ4v) is 3.32. The highest BCUT2D eigenvalue weighted by Gasteiger charge is 2.23. The van der Waals surface area contributed by atoms with Crippen molar-refractivity contribution < 1.29 is 13.2 Å². The number of benzene rings is 1. The molecule has 4 N–H and O–H groups in total. The van der Waals surface area contributed by atoms with Crippen LogP contribution in [0.4, 0.5) is 0 Å². The van der Waals surface area contributed by atoms with E-state index >= 15 is 0 Å². The fraction of sp³-hybridized carbons (Fsp3) is 0.500. The molecule has 21 heavy (non-hydrogen) atoms. The lowest BCUT2D eigenvalue weighted by molar-refractivity contribution is -0.122. The van der Waals surface area contributed by atoms with Gasteiger partial charge in [0.25, 0.3) is 0 Å². The summed E-state index contributed by atoms with van der Waals surface area (Å²) in [7, 11) is -3.74. The van der Waals surface area contributed by atoms with Gasteiger partial charge in [-0.25, -0.2) is 8.42 Å². The predicted octanol–water partition coefficient (Wildman–Crippen LogP) is 0.647. The van der Waals surface area contributed by atoms with E-state index in [-0.39, 0.29) is 10.8 Å². The Hall–Kier alpha value is -1.44. The maximum Gasteiger partial charge on any atom is 0.241 e. The van der Waals surface area contributed by atoms with Crippen LogP contribution in [-0.2, 0) is 21.4 Å². The highest BCUT2D eigenvalue weighted by Crippen LogP contribution is 2.16. The summed E-state index contributed by atoms with van der Waals surface area (Å²) in [6, 6.07) is 4.09. The minimum atomic E-state index is -3.74. The van der Waals surface area contributed by atoms with E-state index in [2.05, 4.69) is 10.0 Å². The zero-order valence-corrected chi connectivity index (χ0v) is 13.5. The molecule has 1 aromatic rings. The zero-order chi connectivity index (χ0) is 16.0. The molecular formula is C14H23N3O3S. The topological polar surface area (TPSA) is 101 Å². The van der Waals surface area contributed by atoms with Crippen molar-refractivity contribution >= 4 is 15.9 Å². The summed E-state index contributed by atoms with van der Waals surface area (Å²) in [6.45, 7) is 6.03. The Labute approximate surface area is 126 Å². The van der Waals surface area contributed by atoms with Gasteiger partial charge in [-0.2, -0.15) is 4.72 Å². The average molecular weight is 313 g/mol. The second-order valence-electron chi connectivity index (χ2n) is 4.94. The van der Waals surface area contributed by atoms with E-state index < -0.39 is 16.1 Å². The number of hydrogen-bond donors (Lipinski definition) is 3. The molecule has 0 bridgehead atoms. The Kier molecular flexibility index (Phi) is 6.32. The Morgan fingerprint density at radius 3 is 2.57 bits per heavy atom. The maximum absolute atomic E-state index is 12.3. The van der Waals surface area contributed by atoms with Crippen LogP contribution in [0.2, 0.25) is 0 Å². The monoisotopic (exact) mass is 313 g/mol. The van der Waals surface area contributed by atoms with Crippen molar-refractivity contribution in [1.29, 1.82) is 0 Å². The van der Waals surface area contributed by atoms with E-state index in [1.807, 2.05) is 6.92 Å². The van der Waals surface area contributed by atoms with E-state index in [0.717, 1.165) is 12.0 Å². The van der Waals surface area contributed by atoms with Gasteiger partial charge in [0.15, 0.2) is 0 Å². The lowest BCUT2D eigenvalue weighted by atomic mass is 10.1. The van der Waals surface area contributed by atoms with Crippen LogP contribution in [-0.4, -0.2) is 26.9 Å². The van der Waals surface area contributed by atoms with Crippen LogP contribution in [0.1, 0.15) is 31.4 Å². The third-order valence-corrected chi connectivity index (χ3v) is 4.74. The summed E-state index contributed by atoms with van der Waals surface area (Å²) in [6.07, 6.45) is 0.796. The van der Waals surface area contributed by atoms with Gasteiger partial charge < -0.3 is 11.1 Å². The van der Waals surface area contributed by atoms with Crippen LogP contribution < -0.4 is 15.8 Å². The van der Waals surface area contributed by atoms with Crippen LogP contribution in [0.3, 0.4) is 0 Å². The standard InChI is InChI=1S/C14H23N3O3S/c1-4-7-16-14(18)11(3)17-21(19,20)13-6-5-12(9-15)8-10(13)2/h5-6,8,11,17H,4,7,9,15H2,1-3H3,(H,16,18). The molecule has 0 aliphatic carbocycles. The van der Waals surface area contributed by atoms with Crippen LogP contribution in [0.25, 0.3) is 0 Å². The lowest BCUT2D eigenvalue weighted by Crippen LogP contribution is -2.45. The van der Waals surface area contributed by atoms with Crippen molar-refractivity contribution in [3.63, 3.8) is 0 Å². The van der Waals surface area contributed by atoms with Gasteiger partial charge in [-0.1, -0.05) is 19.1 Å². The molecule has 0 aliphatic rings. The minimum absolute atomic E-state index is 0.162. The first kappa shape index (κ1) is 17.6. The molecule has 1 rings (SSSR count). The van der Waals surface area contributed by atoms with Crippen LogP contribution in [0.15, 0.2) is 23.1 Å². The van der Waals surface area contributed by atoms with Gasteiger partial charge >= 0.3 is 0 Å². The molecule has 7 heteroatoms. The fourth-order valence-electron chi connectivity index (χ4n) is 1.89. The third-order valence-electron chi connectivity index (χ3n) is 3.04. The quantitative estimate of drug-likeness (QED) is 0.688. The summed E-state index contributed by atoms with van der Waals surface area (Å²) >= 11 is 0. The Morgan fingerprint density at radius 2 is 2.05 bits per heavy atom. The minimum Gasteiger partial charge on any atom is -0.355 e. The summed E-state index contributed by atoms with van der Waals surface area (Å²) < 4.78 is 27.0. The largest absolute Gasteiger partial charge is 0.355 e. The summed E-state index contributed by atoms with van der Waals surface area (Å²) in [5.41, 5.74) is 6.99. The van der Waals surface area contributed by atoms with Gasteiger partial charge in [0.2, 0.25) is 15.9 Å². The van der Waals surface area contributed by atoms with Crippen LogP contribution in [0.5, 0.6) is 0 Å². The maximum atomic E-state index is 12.3. The highest BCUT2D eigenvalue weighted by atomic mass is 32.2. The Balaban J connectivity index is 2.89. The van der Waals surface area contributed by atoms with Crippen molar-refractivity contribution in [1.82, 2.24) is 10.0 Å². The van der Waals surface area contributed by atoms with Gasteiger partial charge in [0.05, 0.1) is 10.9 Å². The zero-order valence-electron chi connectivity index (χ0n) is 12.6. The third kappa shape index (κ3) is 4.80. The van der Waals surface area contributed by atoms with E-state index in [1.54, 1.807) is 19.1 Å². The first-order chi connectivity index (χ1) is 9.81. The highest BCUT2D eigenvalue weighted by molar-refractivity contribution is 7.89. The van der Waals surface area contributed by atoms with Crippen LogP contribution in [0, 0.1) is 6.92 Å². The van der Waals surface area contributed by atoms with E-state index in [1.165, 1.54) is 13.0 Å². The van der Waals surface area contributed by atoms with Crippen molar-refractivity contribution in [2.75, 3.05) is 6.54 Å². The molecule has 1 unspecified atom stereocenters. The molecule has 0 saturated heterocycles. The van der Waals surface area contributed by atoms with E-state index in [9.17, 15) is 13.2 Å². The number of nitrogens with one attached hydrogen (secondary N) is 2. The molecule has 1 amide bonds. The molecule has 0 fully saturated rings. The van der Waals surface area contributed by atoms with Crippen molar-refractivity contribution in [2.45, 2.75) is 44.7 Å². The van der Waals surface area contributed by atoms with Crippen molar-refractivity contribution in [2.24, 2.45) is 5.73 Å². The Bertz CT molecular complexity index is 599. The van der Waals surface area contributed by atoms with Gasteiger partial charge in [-0.3, -0.25) is 4.79 Å². The van der Waals surface area contributed by atoms with Gasteiger partial charge in [0.1, 0.15) is 0 Å². The van der Waals surface area contributed by atoms with Crippen molar-refractivity contribution in [3.05, 3.63) is 29.3 Å². The first-order valence-electron chi connectivity index (χ1n) is 6.91. The molecule has 6 nitrogen and oxygen atoms in total. The molecule has 0 spiro atoms. The van der Waals surface area contributed by atoms with Crippen LogP contribution >= 0.6 is 0 Å². The normalized spacial score (nSPS) is 13.0. The number of rotatable bonds is 7. The predicted molar refractivity (Wildman–Crippen MR) is 82.2 cm³/mol. The second-order valence-corrected chi connectivity index (χ2v) is 6.62.